The average molecular weight is 301 g/mol. The second kappa shape index (κ2) is 5.65. The van der Waals surface area contributed by atoms with Crippen LogP contribution in [-0.4, -0.2) is 22.2 Å². The Kier molecular flexibility index (Phi) is 3.70. The number of benzene rings is 1. The SMILES string of the molecule is COc1cccc(-c2noc(Cc3nc(C)sc3C)n2)c1. The molecule has 0 saturated heterocycles. The predicted molar refractivity (Wildman–Crippen MR) is 80.7 cm³/mol. The molecule has 0 aliphatic rings. The summed E-state index contributed by atoms with van der Waals surface area (Å²) in [5, 5.41) is 5.08. The van der Waals surface area contributed by atoms with Gasteiger partial charge in [0, 0.05) is 10.4 Å². The van der Waals surface area contributed by atoms with Gasteiger partial charge in [0.05, 0.1) is 24.2 Å². The molecule has 0 atom stereocenters. The molecule has 3 aromatic rings. The first-order valence-electron chi connectivity index (χ1n) is 6.55. The highest BCUT2D eigenvalue weighted by Crippen LogP contribution is 2.23. The van der Waals surface area contributed by atoms with Crippen molar-refractivity contribution in [3.05, 3.63) is 45.7 Å². The van der Waals surface area contributed by atoms with Crippen molar-refractivity contribution in [2.24, 2.45) is 0 Å². The van der Waals surface area contributed by atoms with E-state index in [2.05, 4.69) is 22.0 Å². The second-order valence-corrected chi connectivity index (χ2v) is 6.06. The summed E-state index contributed by atoms with van der Waals surface area (Å²) < 4.78 is 10.5. The Morgan fingerprint density at radius 1 is 1.24 bits per heavy atom. The summed E-state index contributed by atoms with van der Waals surface area (Å²) >= 11 is 1.68. The highest BCUT2D eigenvalue weighted by atomic mass is 32.1. The molecule has 2 aromatic heterocycles. The summed E-state index contributed by atoms with van der Waals surface area (Å²) in [6.07, 6.45) is 0.563. The summed E-state index contributed by atoms with van der Waals surface area (Å²) in [6, 6.07) is 7.59. The lowest BCUT2D eigenvalue weighted by Gasteiger charge is -1.99. The van der Waals surface area contributed by atoms with E-state index in [1.165, 1.54) is 4.88 Å². The third-order valence-electron chi connectivity index (χ3n) is 3.11. The third-order valence-corrected chi connectivity index (χ3v) is 4.04. The molecular formula is C15H15N3O2S. The first kappa shape index (κ1) is 13.8. The van der Waals surface area contributed by atoms with Crippen LogP contribution in [-0.2, 0) is 6.42 Å². The molecule has 5 nitrogen and oxygen atoms in total. The van der Waals surface area contributed by atoms with Crippen LogP contribution in [0.25, 0.3) is 11.4 Å². The van der Waals surface area contributed by atoms with E-state index in [-0.39, 0.29) is 0 Å². The molecule has 0 bridgehead atoms. The van der Waals surface area contributed by atoms with Crippen LogP contribution >= 0.6 is 11.3 Å². The lowest BCUT2D eigenvalue weighted by atomic mass is 10.2. The van der Waals surface area contributed by atoms with Crippen molar-refractivity contribution in [1.29, 1.82) is 0 Å². The molecule has 0 aliphatic carbocycles. The molecule has 0 spiro atoms. The van der Waals surface area contributed by atoms with Gasteiger partial charge in [0.15, 0.2) is 0 Å². The molecule has 0 amide bonds. The van der Waals surface area contributed by atoms with Crippen molar-refractivity contribution in [2.45, 2.75) is 20.3 Å². The lowest BCUT2D eigenvalue weighted by molar-refractivity contribution is 0.385. The topological polar surface area (TPSA) is 61.0 Å². The van der Waals surface area contributed by atoms with Crippen LogP contribution in [0.5, 0.6) is 5.75 Å². The molecule has 1 aromatic carbocycles. The minimum atomic E-state index is 0.563. The predicted octanol–water partition coefficient (Wildman–Crippen LogP) is 3.41. The van der Waals surface area contributed by atoms with E-state index in [1.54, 1.807) is 18.4 Å². The van der Waals surface area contributed by atoms with Gasteiger partial charge in [-0.3, -0.25) is 0 Å². The van der Waals surface area contributed by atoms with Crippen LogP contribution in [0.3, 0.4) is 0 Å². The summed E-state index contributed by atoms with van der Waals surface area (Å²) in [5.41, 5.74) is 1.87. The molecule has 6 heteroatoms. The standard InChI is InChI=1S/C15H15N3O2S/c1-9-13(16-10(2)21-9)8-14-17-15(18-20-14)11-5-4-6-12(7-11)19-3/h4-7H,8H2,1-3H3. The number of aryl methyl sites for hydroxylation is 2. The maximum atomic E-state index is 5.32. The van der Waals surface area contributed by atoms with Crippen molar-refractivity contribution in [3.8, 4) is 17.1 Å². The molecule has 0 radical (unpaired) electrons. The van der Waals surface area contributed by atoms with Crippen molar-refractivity contribution in [1.82, 2.24) is 15.1 Å². The van der Waals surface area contributed by atoms with Gasteiger partial charge in [-0.25, -0.2) is 4.98 Å². The number of aromatic nitrogens is 3. The Balaban J connectivity index is 1.84. The average Bonchev–Trinajstić information content (AvgIpc) is 3.06. The second-order valence-electron chi connectivity index (χ2n) is 4.66. The lowest BCUT2D eigenvalue weighted by Crippen LogP contribution is -1.91. The van der Waals surface area contributed by atoms with Gasteiger partial charge in [0.1, 0.15) is 5.75 Å². The Hall–Kier alpha value is -2.21. The highest BCUT2D eigenvalue weighted by molar-refractivity contribution is 7.11. The molecule has 108 valence electrons. The third kappa shape index (κ3) is 2.95. The van der Waals surface area contributed by atoms with E-state index >= 15 is 0 Å². The largest absolute Gasteiger partial charge is 0.497 e. The van der Waals surface area contributed by atoms with Crippen LogP contribution in [0.15, 0.2) is 28.8 Å². The van der Waals surface area contributed by atoms with Gasteiger partial charge in [-0.1, -0.05) is 17.3 Å². The van der Waals surface area contributed by atoms with E-state index in [9.17, 15) is 0 Å². The monoisotopic (exact) mass is 301 g/mol. The zero-order valence-electron chi connectivity index (χ0n) is 12.1. The van der Waals surface area contributed by atoms with Crippen molar-refractivity contribution in [2.75, 3.05) is 7.11 Å². The van der Waals surface area contributed by atoms with Crippen molar-refractivity contribution in [3.63, 3.8) is 0 Å². The maximum absolute atomic E-state index is 5.32. The first-order chi connectivity index (χ1) is 10.2. The highest BCUT2D eigenvalue weighted by Gasteiger charge is 2.13. The van der Waals surface area contributed by atoms with Gasteiger partial charge in [-0.15, -0.1) is 11.3 Å². The van der Waals surface area contributed by atoms with Gasteiger partial charge >= 0.3 is 0 Å². The molecule has 0 aliphatic heterocycles. The number of methoxy groups -OCH3 is 1. The smallest absolute Gasteiger partial charge is 0.233 e. The minimum absolute atomic E-state index is 0.563. The van der Waals surface area contributed by atoms with Gasteiger partial charge in [-0.05, 0) is 26.0 Å². The Morgan fingerprint density at radius 3 is 2.81 bits per heavy atom. The quantitative estimate of drug-likeness (QED) is 0.739. The van der Waals surface area contributed by atoms with Gasteiger partial charge < -0.3 is 9.26 Å². The molecule has 21 heavy (non-hydrogen) atoms. The molecule has 0 fully saturated rings. The van der Waals surface area contributed by atoms with E-state index in [1.807, 2.05) is 31.2 Å². The number of nitrogens with zero attached hydrogens (tertiary/aromatic N) is 3. The molecule has 3 rings (SSSR count). The molecule has 0 unspecified atom stereocenters. The van der Waals surface area contributed by atoms with Gasteiger partial charge in [-0.2, -0.15) is 4.98 Å². The summed E-state index contributed by atoms with van der Waals surface area (Å²) in [5.74, 6) is 1.90. The fourth-order valence-electron chi connectivity index (χ4n) is 2.09. The first-order valence-corrected chi connectivity index (χ1v) is 7.37. The number of thiazole rings is 1. The van der Waals surface area contributed by atoms with Crippen molar-refractivity contribution >= 4 is 11.3 Å². The number of hydrogen-bond acceptors (Lipinski definition) is 6. The van der Waals surface area contributed by atoms with Gasteiger partial charge in [0.25, 0.3) is 0 Å². The Morgan fingerprint density at radius 2 is 2.10 bits per heavy atom. The normalized spacial score (nSPS) is 10.8. The van der Waals surface area contributed by atoms with E-state index < -0.39 is 0 Å². The van der Waals surface area contributed by atoms with Gasteiger partial charge in [0.2, 0.25) is 11.7 Å². The van der Waals surface area contributed by atoms with E-state index in [0.29, 0.717) is 18.1 Å². The summed E-state index contributed by atoms with van der Waals surface area (Å²) in [6.45, 7) is 4.05. The molecule has 0 N–H and O–H groups in total. The van der Waals surface area contributed by atoms with Crippen LogP contribution in [0.4, 0.5) is 0 Å². The Labute approximate surface area is 126 Å². The zero-order chi connectivity index (χ0) is 14.8. The van der Waals surface area contributed by atoms with E-state index in [4.69, 9.17) is 9.26 Å². The minimum Gasteiger partial charge on any atom is -0.497 e. The fourth-order valence-corrected chi connectivity index (χ4v) is 2.92. The number of rotatable bonds is 4. The molecular weight excluding hydrogens is 286 g/mol. The van der Waals surface area contributed by atoms with Crippen LogP contribution in [0, 0.1) is 13.8 Å². The summed E-state index contributed by atoms with van der Waals surface area (Å²) in [7, 11) is 1.63. The maximum Gasteiger partial charge on any atom is 0.233 e. The number of hydrogen-bond donors (Lipinski definition) is 0. The van der Waals surface area contributed by atoms with Crippen molar-refractivity contribution < 1.29 is 9.26 Å². The van der Waals surface area contributed by atoms with Crippen LogP contribution < -0.4 is 4.74 Å². The summed E-state index contributed by atoms with van der Waals surface area (Å²) in [4.78, 5) is 10.1. The van der Waals surface area contributed by atoms with Crippen LogP contribution in [0.1, 0.15) is 21.5 Å². The molecule has 0 saturated carbocycles. The number of ether oxygens (including phenoxy) is 1. The molecule has 2 heterocycles. The fraction of sp³-hybridized carbons (Fsp3) is 0.267. The van der Waals surface area contributed by atoms with Crippen LogP contribution in [0.2, 0.25) is 0 Å². The van der Waals surface area contributed by atoms with E-state index in [0.717, 1.165) is 22.0 Å². The Bertz CT molecular complexity index is 764. The zero-order valence-corrected chi connectivity index (χ0v) is 12.9.